The first kappa shape index (κ1) is 11.0. The van der Waals surface area contributed by atoms with Crippen LogP contribution in [0.4, 0.5) is 4.39 Å². The van der Waals surface area contributed by atoms with Crippen LogP contribution in [-0.4, -0.2) is 30.6 Å². The number of amides is 1. The van der Waals surface area contributed by atoms with Gasteiger partial charge < -0.3 is 10.1 Å². The van der Waals surface area contributed by atoms with Crippen LogP contribution < -0.4 is 5.32 Å². The van der Waals surface area contributed by atoms with E-state index in [0.717, 1.165) is 0 Å². The Hall–Kier alpha value is -1.49. The highest BCUT2D eigenvalue weighted by Crippen LogP contribution is 2.25. The van der Waals surface area contributed by atoms with Gasteiger partial charge in [-0.05, 0) is 12.1 Å². The standard InChI is InChI=1S/C11H13FN2O2/c1-11(6-16-7-11)5-13-10(15)8-3-2-4-9(12)14-8/h2-4H,5-7H2,1H3,(H,13,15). The van der Waals surface area contributed by atoms with E-state index in [1.165, 1.54) is 18.2 Å². The van der Waals surface area contributed by atoms with Crippen molar-refractivity contribution in [3.63, 3.8) is 0 Å². The zero-order valence-corrected chi connectivity index (χ0v) is 9.00. The molecule has 0 atom stereocenters. The van der Waals surface area contributed by atoms with E-state index in [-0.39, 0.29) is 17.0 Å². The Morgan fingerprint density at radius 2 is 2.38 bits per heavy atom. The van der Waals surface area contributed by atoms with Gasteiger partial charge in [-0.2, -0.15) is 4.39 Å². The molecule has 0 radical (unpaired) electrons. The molecule has 0 aliphatic carbocycles. The largest absolute Gasteiger partial charge is 0.380 e. The fourth-order valence-corrected chi connectivity index (χ4v) is 1.47. The van der Waals surface area contributed by atoms with Crippen molar-refractivity contribution in [1.29, 1.82) is 0 Å². The highest BCUT2D eigenvalue weighted by molar-refractivity contribution is 5.92. The van der Waals surface area contributed by atoms with E-state index in [2.05, 4.69) is 10.3 Å². The summed E-state index contributed by atoms with van der Waals surface area (Å²) >= 11 is 0. The van der Waals surface area contributed by atoms with Crippen molar-refractivity contribution in [2.24, 2.45) is 5.41 Å². The molecule has 1 aromatic heterocycles. The van der Waals surface area contributed by atoms with Crippen LogP contribution in [0.3, 0.4) is 0 Å². The lowest BCUT2D eigenvalue weighted by atomic mass is 9.89. The summed E-state index contributed by atoms with van der Waals surface area (Å²) in [5, 5.41) is 2.72. The quantitative estimate of drug-likeness (QED) is 0.779. The van der Waals surface area contributed by atoms with Gasteiger partial charge in [-0.15, -0.1) is 0 Å². The number of aromatic nitrogens is 1. The Kier molecular flexibility index (Phi) is 2.87. The molecule has 0 spiro atoms. The summed E-state index contributed by atoms with van der Waals surface area (Å²) in [5.74, 6) is -1.00. The third-order valence-corrected chi connectivity index (χ3v) is 2.52. The minimum absolute atomic E-state index is 0.00296. The molecule has 4 nitrogen and oxygen atoms in total. The fourth-order valence-electron chi connectivity index (χ4n) is 1.47. The van der Waals surface area contributed by atoms with E-state index in [0.29, 0.717) is 19.8 Å². The van der Waals surface area contributed by atoms with Crippen LogP contribution in [0, 0.1) is 11.4 Å². The summed E-state index contributed by atoms with van der Waals surface area (Å²) in [6.07, 6.45) is 0. The van der Waals surface area contributed by atoms with Gasteiger partial charge in [-0.25, -0.2) is 4.98 Å². The second-order valence-electron chi connectivity index (χ2n) is 4.33. The monoisotopic (exact) mass is 224 g/mol. The van der Waals surface area contributed by atoms with Crippen molar-refractivity contribution in [2.45, 2.75) is 6.92 Å². The molecule has 86 valence electrons. The van der Waals surface area contributed by atoms with Crippen LogP contribution in [0.5, 0.6) is 0 Å². The minimum Gasteiger partial charge on any atom is -0.380 e. The van der Waals surface area contributed by atoms with Crippen molar-refractivity contribution in [3.05, 3.63) is 29.8 Å². The number of carbonyl (C=O) groups is 1. The summed E-state index contributed by atoms with van der Waals surface area (Å²) in [5.41, 5.74) is 0.104. The lowest BCUT2D eigenvalue weighted by Gasteiger charge is -2.37. The average Bonchev–Trinajstić information content (AvgIpc) is 2.23. The number of hydrogen-bond donors (Lipinski definition) is 1. The van der Waals surface area contributed by atoms with Crippen LogP contribution in [0.1, 0.15) is 17.4 Å². The van der Waals surface area contributed by atoms with Crippen molar-refractivity contribution in [1.82, 2.24) is 10.3 Å². The summed E-state index contributed by atoms with van der Waals surface area (Å²) in [6, 6.07) is 4.15. The normalized spacial score (nSPS) is 17.6. The van der Waals surface area contributed by atoms with E-state index in [4.69, 9.17) is 4.74 Å². The van der Waals surface area contributed by atoms with Gasteiger partial charge in [0, 0.05) is 12.0 Å². The van der Waals surface area contributed by atoms with E-state index >= 15 is 0 Å². The molecule has 1 N–H and O–H groups in total. The predicted octanol–water partition coefficient (Wildman–Crippen LogP) is 0.987. The van der Waals surface area contributed by atoms with Crippen LogP contribution in [0.15, 0.2) is 18.2 Å². The lowest BCUT2D eigenvalue weighted by molar-refractivity contribution is -0.0978. The number of hydrogen-bond acceptors (Lipinski definition) is 3. The third-order valence-electron chi connectivity index (χ3n) is 2.52. The molecule has 16 heavy (non-hydrogen) atoms. The second kappa shape index (κ2) is 4.17. The van der Waals surface area contributed by atoms with Crippen molar-refractivity contribution in [2.75, 3.05) is 19.8 Å². The smallest absolute Gasteiger partial charge is 0.270 e. The molecule has 1 fully saturated rings. The SMILES string of the molecule is CC1(CNC(=O)c2cccc(F)n2)COC1. The molecular weight excluding hydrogens is 211 g/mol. The molecule has 0 unspecified atom stereocenters. The first-order valence-electron chi connectivity index (χ1n) is 5.08. The maximum atomic E-state index is 12.8. The number of rotatable bonds is 3. The maximum absolute atomic E-state index is 12.8. The average molecular weight is 224 g/mol. The molecule has 2 heterocycles. The zero-order chi connectivity index (χ0) is 11.6. The number of nitrogens with one attached hydrogen (secondary N) is 1. The van der Waals surface area contributed by atoms with Gasteiger partial charge in [0.05, 0.1) is 13.2 Å². The highest BCUT2D eigenvalue weighted by atomic mass is 19.1. The van der Waals surface area contributed by atoms with Gasteiger partial charge >= 0.3 is 0 Å². The van der Waals surface area contributed by atoms with E-state index < -0.39 is 5.95 Å². The summed E-state index contributed by atoms with van der Waals surface area (Å²) in [7, 11) is 0. The minimum atomic E-state index is -0.647. The van der Waals surface area contributed by atoms with E-state index in [1.54, 1.807) is 0 Å². The Morgan fingerprint density at radius 1 is 1.62 bits per heavy atom. The van der Waals surface area contributed by atoms with Gasteiger partial charge in [0.1, 0.15) is 5.69 Å². The Bertz CT molecular complexity index is 405. The number of carbonyl (C=O) groups excluding carboxylic acids is 1. The van der Waals surface area contributed by atoms with Gasteiger partial charge in [-0.3, -0.25) is 4.79 Å². The first-order chi connectivity index (χ1) is 7.59. The van der Waals surface area contributed by atoms with Crippen molar-refractivity contribution in [3.8, 4) is 0 Å². The molecule has 0 saturated carbocycles. The highest BCUT2D eigenvalue weighted by Gasteiger charge is 2.33. The van der Waals surface area contributed by atoms with Gasteiger partial charge in [0.25, 0.3) is 5.91 Å². The number of pyridine rings is 1. The Balaban J connectivity index is 1.93. The molecule has 0 aromatic carbocycles. The van der Waals surface area contributed by atoms with Gasteiger partial charge in [0.15, 0.2) is 0 Å². The van der Waals surface area contributed by atoms with Crippen LogP contribution >= 0.6 is 0 Å². The van der Waals surface area contributed by atoms with Crippen molar-refractivity contribution >= 4 is 5.91 Å². The third kappa shape index (κ3) is 2.36. The Morgan fingerprint density at radius 3 is 2.94 bits per heavy atom. The van der Waals surface area contributed by atoms with E-state index in [1.807, 2.05) is 6.92 Å². The summed E-state index contributed by atoms with van der Waals surface area (Å²) in [6.45, 7) is 3.83. The molecule has 1 amide bonds. The number of nitrogens with zero attached hydrogens (tertiary/aromatic N) is 1. The lowest BCUT2D eigenvalue weighted by Crippen LogP contribution is -2.48. The Labute approximate surface area is 92.8 Å². The topological polar surface area (TPSA) is 51.2 Å². The van der Waals surface area contributed by atoms with Crippen LogP contribution in [0.25, 0.3) is 0 Å². The molecule has 5 heteroatoms. The fraction of sp³-hybridized carbons (Fsp3) is 0.455. The molecule has 1 aliphatic rings. The molecule has 0 bridgehead atoms. The molecule has 1 aliphatic heterocycles. The van der Waals surface area contributed by atoms with Crippen molar-refractivity contribution < 1.29 is 13.9 Å². The summed E-state index contributed by atoms with van der Waals surface area (Å²) in [4.78, 5) is 15.1. The van der Waals surface area contributed by atoms with E-state index in [9.17, 15) is 9.18 Å². The molecule has 2 rings (SSSR count). The second-order valence-corrected chi connectivity index (χ2v) is 4.33. The zero-order valence-electron chi connectivity index (χ0n) is 9.00. The maximum Gasteiger partial charge on any atom is 0.270 e. The van der Waals surface area contributed by atoms with Crippen LogP contribution in [-0.2, 0) is 4.74 Å². The van der Waals surface area contributed by atoms with Crippen LogP contribution in [0.2, 0.25) is 0 Å². The first-order valence-corrected chi connectivity index (χ1v) is 5.08. The number of ether oxygens (including phenoxy) is 1. The summed E-state index contributed by atoms with van der Waals surface area (Å²) < 4.78 is 17.8. The van der Waals surface area contributed by atoms with Gasteiger partial charge in [0.2, 0.25) is 5.95 Å². The van der Waals surface area contributed by atoms with Gasteiger partial charge in [-0.1, -0.05) is 13.0 Å². The number of halogens is 1. The molecule has 1 saturated heterocycles. The molecule has 1 aromatic rings. The molecular formula is C11H13FN2O2. The predicted molar refractivity (Wildman–Crippen MR) is 55.5 cm³/mol.